The lowest BCUT2D eigenvalue weighted by Crippen LogP contribution is -2.13. The number of fused-ring (bicyclic) bond motifs is 1. The summed E-state index contributed by atoms with van der Waals surface area (Å²) in [6.45, 7) is 5.75. The van der Waals surface area contributed by atoms with Gasteiger partial charge in [0.05, 0.1) is 5.69 Å². The molecule has 0 saturated heterocycles. The van der Waals surface area contributed by atoms with E-state index in [1.807, 2.05) is 51.1 Å². The van der Waals surface area contributed by atoms with E-state index in [2.05, 4.69) is 20.4 Å². The van der Waals surface area contributed by atoms with Crippen molar-refractivity contribution in [2.75, 3.05) is 5.32 Å². The first kappa shape index (κ1) is 18.3. The van der Waals surface area contributed by atoms with Crippen molar-refractivity contribution in [2.24, 2.45) is 0 Å². The highest BCUT2D eigenvalue weighted by Gasteiger charge is 2.13. The molecule has 1 aromatic carbocycles. The summed E-state index contributed by atoms with van der Waals surface area (Å²) >= 11 is 1.56. The van der Waals surface area contributed by atoms with Crippen molar-refractivity contribution >= 4 is 33.3 Å². The lowest BCUT2D eigenvalue weighted by molar-refractivity contribution is -0.116. The highest BCUT2D eigenvalue weighted by molar-refractivity contribution is 7.21. The van der Waals surface area contributed by atoms with Crippen molar-refractivity contribution < 1.29 is 9.32 Å². The molecule has 3 aromatic heterocycles. The number of carbonyl (C=O) groups excluding carboxylic acids is 1. The normalized spacial score (nSPS) is 11.1. The Kier molecular flexibility index (Phi) is 4.92. The molecule has 0 unspecified atom stereocenters. The SMILES string of the molecule is Cc1cc(-c2nc3cccnc3s2)ccc1NC(=O)CCc1c(C)noc1C. The molecule has 1 amide bonds. The third kappa shape index (κ3) is 3.66. The molecule has 1 N–H and O–H groups in total. The highest BCUT2D eigenvalue weighted by Crippen LogP contribution is 2.31. The minimum Gasteiger partial charge on any atom is -0.361 e. The summed E-state index contributed by atoms with van der Waals surface area (Å²) < 4.78 is 5.15. The van der Waals surface area contributed by atoms with Gasteiger partial charge >= 0.3 is 0 Å². The maximum absolute atomic E-state index is 12.4. The molecule has 4 aromatic rings. The van der Waals surface area contributed by atoms with E-state index in [-0.39, 0.29) is 5.91 Å². The molecule has 4 rings (SSSR count). The highest BCUT2D eigenvalue weighted by atomic mass is 32.1. The van der Waals surface area contributed by atoms with Gasteiger partial charge in [0.15, 0.2) is 0 Å². The fourth-order valence-corrected chi connectivity index (χ4v) is 4.04. The lowest BCUT2D eigenvalue weighted by Gasteiger charge is -2.09. The number of amides is 1. The van der Waals surface area contributed by atoms with Crippen LogP contribution in [-0.2, 0) is 11.2 Å². The van der Waals surface area contributed by atoms with Crippen LogP contribution in [0.4, 0.5) is 5.69 Å². The molecule has 0 atom stereocenters. The predicted molar refractivity (Wildman–Crippen MR) is 111 cm³/mol. The number of aromatic nitrogens is 3. The van der Waals surface area contributed by atoms with Gasteiger partial charge in [0, 0.05) is 29.4 Å². The molecular weight excluding hydrogens is 372 g/mol. The van der Waals surface area contributed by atoms with E-state index in [0.717, 1.165) is 49.2 Å². The summed E-state index contributed by atoms with van der Waals surface area (Å²) in [4.78, 5) is 22.3. The average Bonchev–Trinajstić information content (AvgIpc) is 3.25. The van der Waals surface area contributed by atoms with Crippen LogP contribution in [0, 0.1) is 20.8 Å². The first-order chi connectivity index (χ1) is 13.5. The smallest absolute Gasteiger partial charge is 0.224 e. The summed E-state index contributed by atoms with van der Waals surface area (Å²) in [5.74, 6) is 0.746. The Morgan fingerprint density at radius 2 is 2.07 bits per heavy atom. The fraction of sp³-hybridized carbons (Fsp3) is 0.238. The van der Waals surface area contributed by atoms with Crippen LogP contribution in [0.3, 0.4) is 0 Å². The maximum Gasteiger partial charge on any atom is 0.224 e. The number of hydrogen-bond acceptors (Lipinski definition) is 6. The summed E-state index contributed by atoms with van der Waals surface area (Å²) in [7, 11) is 0. The summed E-state index contributed by atoms with van der Waals surface area (Å²) in [6, 6.07) is 9.80. The Hall–Kier alpha value is -3.06. The minimum absolute atomic E-state index is 0.0277. The first-order valence-corrected chi connectivity index (χ1v) is 9.87. The zero-order valence-electron chi connectivity index (χ0n) is 15.9. The molecule has 0 aliphatic rings. The Morgan fingerprint density at radius 3 is 2.79 bits per heavy atom. The van der Waals surface area contributed by atoms with Gasteiger partial charge in [0.2, 0.25) is 5.91 Å². The molecule has 7 heteroatoms. The Morgan fingerprint density at radius 1 is 1.21 bits per heavy atom. The van der Waals surface area contributed by atoms with Gasteiger partial charge in [0.25, 0.3) is 0 Å². The van der Waals surface area contributed by atoms with Crippen LogP contribution in [0.2, 0.25) is 0 Å². The number of hydrogen-bond donors (Lipinski definition) is 1. The number of carbonyl (C=O) groups is 1. The number of nitrogens with zero attached hydrogens (tertiary/aromatic N) is 3. The van der Waals surface area contributed by atoms with Gasteiger partial charge < -0.3 is 9.84 Å². The second-order valence-corrected chi connectivity index (χ2v) is 7.70. The van der Waals surface area contributed by atoms with E-state index in [1.54, 1.807) is 17.5 Å². The van der Waals surface area contributed by atoms with E-state index in [1.165, 1.54) is 0 Å². The number of anilines is 1. The topological polar surface area (TPSA) is 80.9 Å². The van der Waals surface area contributed by atoms with Crippen LogP contribution in [0.5, 0.6) is 0 Å². The van der Waals surface area contributed by atoms with Crippen LogP contribution >= 0.6 is 11.3 Å². The number of rotatable bonds is 5. The Labute approximate surface area is 166 Å². The molecule has 0 spiro atoms. The van der Waals surface area contributed by atoms with Gasteiger partial charge in [-0.3, -0.25) is 4.79 Å². The lowest BCUT2D eigenvalue weighted by atomic mass is 10.1. The van der Waals surface area contributed by atoms with Gasteiger partial charge in [-0.15, -0.1) is 0 Å². The van der Waals surface area contributed by atoms with E-state index in [0.29, 0.717) is 12.8 Å². The third-order valence-electron chi connectivity index (χ3n) is 4.70. The second-order valence-electron chi connectivity index (χ2n) is 6.73. The fourth-order valence-electron chi connectivity index (χ4n) is 3.14. The van der Waals surface area contributed by atoms with Crippen LogP contribution in [0.25, 0.3) is 20.9 Å². The van der Waals surface area contributed by atoms with Gasteiger partial charge in [-0.1, -0.05) is 16.5 Å². The van der Waals surface area contributed by atoms with E-state index < -0.39 is 0 Å². The van der Waals surface area contributed by atoms with Crippen molar-refractivity contribution in [1.82, 2.24) is 15.1 Å². The molecule has 0 radical (unpaired) electrons. The number of benzene rings is 1. The molecular formula is C21H20N4O2S. The molecule has 28 heavy (non-hydrogen) atoms. The van der Waals surface area contributed by atoms with E-state index in [9.17, 15) is 4.79 Å². The van der Waals surface area contributed by atoms with Gasteiger partial charge in [-0.25, -0.2) is 9.97 Å². The number of nitrogens with one attached hydrogen (secondary N) is 1. The van der Waals surface area contributed by atoms with Gasteiger partial charge in [0.1, 0.15) is 21.1 Å². The molecule has 0 aliphatic carbocycles. The third-order valence-corrected chi connectivity index (χ3v) is 5.73. The Bertz CT molecular complexity index is 1110. The van der Waals surface area contributed by atoms with Crippen molar-refractivity contribution in [3.05, 3.63) is 59.1 Å². The molecule has 0 bridgehead atoms. The summed E-state index contributed by atoms with van der Waals surface area (Å²) in [5.41, 5.74) is 5.58. The predicted octanol–water partition coefficient (Wildman–Crippen LogP) is 4.84. The van der Waals surface area contributed by atoms with Crippen LogP contribution in [0.15, 0.2) is 41.1 Å². The van der Waals surface area contributed by atoms with Crippen molar-refractivity contribution in [1.29, 1.82) is 0 Å². The number of thiazole rings is 1. The molecule has 0 fully saturated rings. The van der Waals surface area contributed by atoms with E-state index >= 15 is 0 Å². The zero-order valence-corrected chi connectivity index (χ0v) is 16.8. The first-order valence-electron chi connectivity index (χ1n) is 9.05. The van der Waals surface area contributed by atoms with Crippen LogP contribution < -0.4 is 5.32 Å². The van der Waals surface area contributed by atoms with Crippen molar-refractivity contribution in [2.45, 2.75) is 33.6 Å². The number of aryl methyl sites for hydroxylation is 3. The van der Waals surface area contributed by atoms with Crippen molar-refractivity contribution in [3.63, 3.8) is 0 Å². The molecule has 0 aliphatic heterocycles. The largest absolute Gasteiger partial charge is 0.361 e. The van der Waals surface area contributed by atoms with Gasteiger partial charge in [-0.05, 0) is 63.1 Å². The molecule has 3 heterocycles. The summed E-state index contributed by atoms with van der Waals surface area (Å²) in [6.07, 6.45) is 2.77. The average molecular weight is 392 g/mol. The Balaban J connectivity index is 1.46. The quantitative estimate of drug-likeness (QED) is 0.525. The van der Waals surface area contributed by atoms with Crippen LogP contribution in [-0.4, -0.2) is 21.0 Å². The standard InChI is InChI=1S/C21H20N4O2S/c1-12-11-15(20-24-18-5-4-10-22-21(18)28-20)6-8-17(12)23-19(26)9-7-16-13(2)25-27-14(16)3/h4-6,8,10-11H,7,9H2,1-3H3,(H,23,26). The number of pyridine rings is 1. The molecule has 142 valence electrons. The molecule has 0 saturated carbocycles. The minimum atomic E-state index is -0.0277. The second kappa shape index (κ2) is 7.52. The summed E-state index contributed by atoms with van der Waals surface area (Å²) in [5, 5.41) is 7.85. The van der Waals surface area contributed by atoms with Gasteiger partial charge in [-0.2, -0.15) is 0 Å². The van der Waals surface area contributed by atoms with E-state index in [4.69, 9.17) is 4.52 Å². The zero-order chi connectivity index (χ0) is 19.7. The van der Waals surface area contributed by atoms with Crippen molar-refractivity contribution in [3.8, 4) is 10.6 Å². The molecule has 6 nitrogen and oxygen atoms in total. The monoisotopic (exact) mass is 392 g/mol. The van der Waals surface area contributed by atoms with Crippen LogP contribution in [0.1, 0.15) is 29.0 Å². The maximum atomic E-state index is 12.4.